The summed E-state index contributed by atoms with van der Waals surface area (Å²) in [6.45, 7) is 5.49. The number of carbonyl (C=O) groups is 1. The number of carbonyl (C=O) groups excluding carboxylic acids is 1. The first-order valence-electron chi connectivity index (χ1n) is 8.22. The minimum atomic E-state index is -3.63. The molecule has 0 spiro atoms. The molecule has 0 saturated heterocycles. The zero-order chi connectivity index (χ0) is 19.5. The number of benzene rings is 2. The van der Waals surface area contributed by atoms with E-state index in [9.17, 15) is 13.2 Å². The van der Waals surface area contributed by atoms with Gasteiger partial charge in [-0.05, 0) is 48.2 Å². The number of sulfonamides is 1. The minimum Gasteiger partial charge on any atom is -0.324 e. The van der Waals surface area contributed by atoms with Crippen LogP contribution in [0.15, 0.2) is 42.5 Å². The van der Waals surface area contributed by atoms with Crippen molar-refractivity contribution in [3.63, 3.8) is 0 Å². The van der Waals surface area contributed by atoms with Gasteiger partial charge < -0.3 is 5.32 Å². The molecule has 0 aliphatic rings. The molecule has 0 atom stereocenters. The predicted octanol–water partition coefficient (Wildman–Crippen LogP) is 4.18. The molecule has 5 nitrogen and oxygen atoms in total. The van der Waals surface area contributed by atoms with Gasteiger partial charge in [0.2, 0.25) is 15.9 Å². The van der Waals surface area contributed by atoms with Crippen LogP contribution in [0.5, 0.6) is 0 Å². The highest BCUT2D eigenvalue weighted by Gasteiger charge is 2.24. The van der Waals surface area contributed by atoms with Crippen molar-refractivity contribution in [2.75, 3.05) is 22.4 Å². The van der Waals surface area contributed by atoms with E-state index in [0.29, 0.717) is 16.4 Å². The van der Waals surface area contributed by atoms with E-state index in [2.05, 4.69) is 5.32 Å². The van der Waals surface area contributed by atoms with Crippen molar-refractivity contribution >= 4 is 38.9 Å². The summed E-state index contributed by atoms with van der Waals surface area (Å²) in [6, 6.07) is 12.3. The Hall–Kier alpha value is -2.05. The van der Waals surface area contributed by atoms with Crippen LogP contribution in [0.25, 0.3) is 0 Å². The maximum Gasteiger partial charge on any atom is 0.245 e. The van der Waals surface area contributed by atoms with Crippen molar-refractivity contribution in [3.05, 3.63) is 58.6 Å². The third-order valence-corrected chi connectivity index (χ3v) is 5.34. The van der Waals surface area contributed by atoms with Gasteiger partial charge in [0.1, 0.15) is 6.54 Å². The minimum absolute atomic E-state index is 0.122. The molecule has 0 heterocycles. The third kappa shape index (κ3) is 4.99. The smallest absolute Gasteiger partial charge is 0.245 e. The number of hydrogen-bond acceptors (Lipinski definition) is 3. The second-order valence-electron chi connectivity index (χ2n) is 6.49. The molecule has 1 N–H and O–H groups in total. The molecule has 2 rings (SSSR count). The van der Waals surface area contributed by atoms with Gasteiger partial charge in [0.05, 0.1) is 11.9 Å². The Morgan fingerprint density at radius 2 is 1.85 bits per heavy atom. The van der Waals surface area contributed by atoms with E-state index in [1.165, 1.54) is 0 Å². The molecule has 1 amide bonds. The fourth-order valence-corrected chi connectivity index (χ4v) is 3.77. The summed E-state index contributed by atoms with van der Waals surface area (Å²) in [7, 11) is -3.63. The number of hydrogen-bond donors (Lipinski definition) is 1. The molecule has 0 fully saturated rings. The maximum atomic E-state index is 12.5. The van der Waals surface area contributed by atoms with E-state index in [0.717, 1.165) is 21.7 Å². The van der Waals surface area contributed by atoms with E-state index < -0.39 is 15.9 Å². The average Bonchev–Trinajstić information content (AvgIpc) is 2.54. The zero-order valence-electron chi connectivity index (χ0n) is 15.3. The van der Waals surface area contributed by atoms with Crippen LogP contribution in [0.1, 0.15) is 30.9 Å². The first-order chi connectivity index (χ1) is 12.1. The zero-order valence-corrected chi connectivity index (χ0v) is 16.9. The van der Waals surface area contributed by atoms with Gasteiger partial charge in [-0.1, -0.05) is 43.6 Å². The lowest BCUT2D eigenvalue weighted by molar-refractivity contribution is -0.114. The van der Waals surface area contributed by atoms with E-state index >= 15 is 0 Å². The van der Waals surface area contributed by atoms with Crippen LogP contribution in [-0.4, -0.2) is 27.1 Å². The van der Waals surface area contributed by atoms with E-state index in [1.807, 2.05) is 32.9 Å². The second-order valence-corrected chi connectivity index (χ2v) is 8.83. The van der Waals surface area contributed by atoms with Crippen molar-refractivity contribution in [1.82, 2.24) is 0 Å². The highest BCUT2D eigenvalue weighted by molar-refractivity contribution is 7.92. The summed E-state index contributed by atoms with van der Waals surface area (Å²) < 4.78 is 25.8. The number of aryl methyl sites for hydroxylation is 1. The number of para-hydroxylation sites is 1. The number of nitrogens with zero attached hydrogens (tertiary/aromatic N) is 1. The second kappa shape index (κ2) is 8.10. The molecule has 0 aromatic heterocycles. The molecule has 0 unspecified atom stereocenters. The topological polar surface area (TPSA) is 66.5 Å². The van der Waals surface area contributed by atoms with Gasteiger partial charge in [-0.15, -0.1) is 0 Å². The summed E-state index contributed by atoms with van der Waals surface area (Å²) >= 11 is 5.92. The van der Waals surface area contributed by atoms with Crippen LogP contribution in [-0.2, 0) is 14.8 Å². The molecule has 0 aliphatic carbocycles. The molecular formula is C19H23ClN2O3S. The first-order valence-corrected chi connectivity index (χ1v) is 10.4. The number of amides is 1. The molecule has 2 aromatic rings. The maximum absolute atomic E-state index is 12.5. The quantitative estimate of drug-likeness (QED) is 0.799. The summed E-state index contributed by atoms with van der Waals surface area (Å²) in [4.78, 5) is 12.5. The van der Waals surface area contributed by atoms with Crippen LogP contribution in [0.3, 0.4) is 0 Å². The molecule has 2 aromatic carbocycles. The van der Waals surface area contributed by atoms with Gasteiger partial charge in [0.25, 0.3) is 0 Å². The lowest BCUT2D eigenvalue weighted by Crippen LogP contribution is -2.38. The van der Waals surface area contributed by atoms with Gasteiger partial charge in [-0.25, -0.2) is 8.42 Å². The van der Waals surface area contributed by atoms with E-state index in [1.54, 1.807) is 30.3 Å². The Labute approximate surface area is 160 Å². The van der Waals surface area contributed by atoms with Crippen molar-refractivity contribution in [1.29, 1.82) is 0 Å². The van der Waals surface area contributed by atoms with Crippen molar-refractivity contribution in [2.45, 2.75) is 26.7 Å². The monoisotopic (exact) mass is 394 g/mol. The Kier molecular flexibility index (Phi) is 6.31. The Balaban J connectivity index is 2.31. The molecular weight excluding hydrogens is 372 g/mol. The highest BCUT2D eigenvalue weighted by Crippen LogP contribution is 2.29. The molecule has 140 valence electrons. The van der Waals surface area contributed by atoms with E-state index in [4.69, 9.17) is 11.6 Å². The molecule has 0 radical (unpaired) electrons. The van der Waals surface area contributed by atoms with Crippen molar-refractivity contribution in [3.8, 4) is 0 Å². The molecule has 0 aliphatic heterocycles. The van der Waals surface area contributed by atoms with Crippen molar-refractivity contribution in [2.24, 2.45) is 0 Å². The van der Waals surface area contributed by atoms with Crippen LogP contribution < -0.4 is 9.62 Å². The lowest BCUT2D eigenvalue weighted by atomic mass is 10.0. The van der Waals surface area contributed by atoms with Crippen LogP contribution in [0, 0.1) is 6.92 Å². The fraction of sp³-hybridized carbons (Fsp3) is 0.316. The summed E-state index contributed by atoms with van der Waals surface area (Å²) in [6.07, 6.45) is 1.10. The van der Waals surface area contributed by atoms with Crippen LogP contribution >= 0.6 is 11.6 Å². The predicted molar refractivity (Wildman–Crippen MR) is 108 cm³/mol. The van der Waals surface area contributed by atoms with E-state index in [-0.39, 0.29) is 12.5 Å². The Morgan fingerprint density at radius 1 is 1.19 bits per heavy atom. The van der Waals surface area contributed by atoms with Crippen molar-refractivity contribution < 1.29 is 13.2 Å². The SMILES string of the molecule is Cc1cc(Cl)ccc1NC(=O)CN(c1ccccc1C(C)C)S(C)(=O)=O. The highest BCUT2D eigenvalue weighted by atomic mass is 35.5. The standard InChI is InChI=1S/C19H23ClN2O3S/c1-13(2)16-7-5-6-8-18(16)22(26(4,24)25)12-19(23)21-17-10-9-15(20)11-14(17)3/h5-11,13H,12H2,1-4H3,(H,21,23). The normalized spacial score (nSPS) is 11.5. The average molecular weight is 395 g/mol. The Bertz CT molecular complexity index is 911. The van der Waals surface area contributed by atoms with Gasteiger partial charge in [0.15, 0.2) is 0 Å². The third-order valence-electron chi connectivity index (χ3n) is 3.98. The number of halogens is 1. The summed E-state index contributed by atoms with van der Waals surface area (Å²) in [5.41, 5.74) is 2.80. The van der Waals surface area contributed by atoms with Crippen LogP contribution in [0.2, 0.25) is 5.02 Å². The number of anilines is 2. The molecule has 0 bridgehead atoms. The largest absolute Gasteiger partial charge is 0.324 e. The Morgan fingerprint density at radius 3 is 2.42 bits per heavy atom. The fourth-order valence-electron chi connectivity index (χ4n) is 2.67. The first kappa shape index (κ1) is 20.3. The summed E-state index contributed by atoms with van der Waals surface area (Å²) in [5, 5.41) is 3.33. The van der Waals surface area contributed by atoms with Crippen LogP contribution in [0.4, 0.5) is 11.4 Å². The molecule has 7 heteroatoms. The lowest BCUT2D eigenvalue weighted by Gasteiger charge is -2.25. The van der Waals surface area contributed by atoms with Gasteiger partial charge in [0, 0.05) is 10.7 Å². The van der Waals surface area contributed by atoms with Gasteiger partial charge in [-0.2, -0.15) is 0 Å². The number of nitrogens with one attached hydrogen (secondary N) is 1. The summed E-state index contributed by atoms with van der Waals surface area (Å²) in [5.74, 6) is -0.295. The molecule has 0 saturated carbocycles. The number of rotatable bonds is 6. The van der Waals surface area contributed by atoms with Gasteiger partial charge >= 0.3 is 0 Å². The van der Waals surface area contributed by atoms with Gasteiger partial charge in [-0.3, -0.25) is 9.10 Å². The molecule has 26 heavy (non-hydrogen) atoms.